The topological polar surface area (TPSA) is 38.3 Å². The standard InChI is InChI=1S/C10H16INO2/c1-7(11)10(5-6-10)12-8(13)14-9(2,3)4/h1,5-6H2,2-4H3,(H,12,13). The van der Waals surface area contributed by atoms with Crippen LogP contribution in [0.3, 0.4) is 0 Å². The summed E-state index contributed by atoms with van der Waals surface area (Å²) in [7, 11) is 0. The van der Waals surface area contributed by atoms with Crippen LogP contribution < -0.4 is 5.32 Å². The van der Waals surface area contributed by atoms with E-state index in [0.717, 1.165) is 16.4 Å². The molecule has 0 heterocycles. The van der Waals surface area contributed by atoms with E-state index in [1.165, 1.54) is 0 Å². The first-order valence-electron chi connectivity index (χ1n) is 4.61. The van der Waals surface area contributed by atoms with Gasteiger partial charge in [-0.25, -0.2) is 4.79 Å². The SMILES string of the molecule is C=C(I)C1(NC(=O)OC(C)(C)C)CC1. The van der Waals surface area contributed by atoms with E-state index in [-0.39, 0.29) is 11.6 Å². The minimum absolute atomic E-state index is 0.192. The number of rotatable bonds is 2. The van der Waals surface area contributed by atoms with Crippen LogP contribution in [0.1, 0.15) is 33.6 Å². The summed E-state index contributed by atoms with van der Waals surface area (Å²) in [5, 5.41) is 2.86. The molecule has 1 fully saturated rings. The molecule has 0 aromatic carbocycles. The normalized spacial score (nSPS) is 18.6. The van der Waals surface area contributed by atoms with Crippen molar-refractivity contribution >= 4 is 28.7 Å². The second kappa shape index (κ2) is 3.72. The third-order valence-electron chi connectivity index (χ3n) is 2.01. The van der Waals surface area contributed by atoms with Gasteiger partial charge < -0.3 is 10.1 Å². The molecule has 0 saturated heterocycles. The predicted octanol–water partition coefficient (Wildman–Crippen LogP) is 2.99. The lowest BCUT2D eigenvalue weighted by molar-refractivity contribution is 0.0508. The highest BCUT2D eigenvalue weighted by Gasteiger charge is 2.46. The van der Waals surface area contributed by atoms with Gasteiger partial charge in [-0.05, 0) is 56.2 Å². The summed E-state index contributed by atoms with van der Waals surface area (Å²) in [4.78, 5) is 11.4. The third-order valence-corrected chi connectivity index (χ3v) is 3.04. The quantitative estimate of drug-likeness (QED) is 0.796. The molecular formula is C10H16INO2. The molecule has 1 aliphatic carbocycles. The highest BCUT2D eigenvalue weighted by molar-refractivity contribution is 14.1. The van der Waals surface area contributed by atoms with Crippen LogP contribution in [0.25, 0.3) is 0 Å². The van der Waals surface area contributed by atoms with Crippen molar-refractivity contribution in [3.8, 4) is 0 Å². The molecule has 14 heavy (non-hydrogen) atoms. The minimum Gasteiger partial charge on any atom is -0.444 e. The molecule has 1 amide bonds. The monoisotopic (exact) mass is 309 g/mol. The number of nitrogens with one attached hydrogen (secondary N) is 1. The van der Waals surface area contributed by atoms with Crippen molar-refractivity contribution < 1.29 is 9.53 Å². The van der Waals surface area contributed by atoms with Gasteiger partial charge in [0.25, 0.3) is 0 Å². The van der Waals surface area contributed by atoms with Gasteiger partial charge in [0.2, 0.25) is 0 Å². The van der Waals surface area contributed by atoms with Crippen molar-refractivity contribution in [3.05, 3.63) is 10.2 Å². The second-order valence-electron chi connectivity index (χ2n) is 4.61. The maximum absolute atomic E-state index is 11.4. The minimum atomic E-state index is -0.438. The molecule has 1 saturated carbocycles. The van der Waals surface area contributed by atoms with Crippen molar-refractivity contribution in [1.29, 1.82) is 0 Å². The van der Waals surface area contributed by atoms with E-state index in [1.54, 1.807) is 0 Å². The van der Waals surface area contributed by atoms with Crippen LogP contribution in [0.15, 0.2) is 10.2 Å². The Bertz CT molecular complexity index is 264. The maximum atomic E-state index is 11.4. The van der Waals surface area contributed by atoms with Gasteiger partial charge in [-0.1, -0.05) is 6.58 Å². The van der Waals surface area contributed by atoms with E-state index in [4.69, 9.17) is 4.74 Å². The number of ether oxygens (including phenoxy) is 1. The summed E-state index contributed by atoms with van der Waals surface area (Å²) in [6, 6.07) is 0. The van der Waals surface area contributed by atoms with Crippen LogP contribution in [0.5, 0.6) is 0 Å². The van der Waals surface area contributed by atoms with Gasteiger partial charge in [-0.2, -0.15) is 0 Å². The lowest BCUT2D eigenvalue weighted by Crippen LogP contribution is -2.40. The molecule has 0 aromatic heterocycles. The van der Waals surface area contributed by atoms with E-state index in [9.17, 15) is 4.79 Å². The summed E-state index contributed by atoms with van der Waals surface area (Å²) in [6.07, 6.45) is 1.58. The van der Waals surface area contributed by atoms with E-state index in [1.807, 2.05) is 20.8 Å². The molecule has 0 atom stereocenters. The van der Waals surface area contributed by atoms with Crippen molar-refractivity contribution in [2.75, 3.05) is 0 Å². The van der Waals surface area contributed by atoms with E-state index >= 15 is 0 Å². The summed E-state index contributed by atoms with van der Waals surface area (Å²) >= 11 is 2.15. The van der Waals surface area contributed by atoms with E-state index in [0.29, 0.717) is 0 Å². The lowest BCUT2D eigenvalue weighted by atomic mass is 10.2. The van der Waals surface area contributed by atoms with Crippen LogP contribution in [0, 0.1) is 0 Å². The zero-order valence-corrected chi connectivity index (χ0v) is 11.0. The molecular weight excluding hydrogens is 293 g/mol. The number of amides is 1. The summed E-state index contributed by atoms with van der Waals surface area (Å²) in [5.74, 6) is 0. The van der Waals surface area contributed by atoms with Crippen molar-refractivity contribution in [1.82, 2.24) is 5.32 Å². The molecule has 0 spiro atoms. The summed E-state index contributed by atoms with van der Waals surface area (Å²) in [5.41, 5.74) is -0.629. The zero-order chi connectivity index (χ0) is 11.0. The Balaban J connectivity index is 2.46. The van der Waals surface area contributed by atoms with Crippen LogP contribution >= 0.6 is 22.6 Å². The molecule has 0 aromatic rings. The maximum Gasteiger partial charge on any atom is 0.408 e. The van der Waals surface area contributed by atoms with Gasteiger partial charge in [0, 0.05) is 3.58 Å². The predicted molar refractivity (Wildman–Crippen MR) is 64.5 cm³/mol. The van der Waals surface area contributed by atoms with Crippen LogP contribution in [-0.4, -0.2) is 17.2 Å². The number of hydrogen-bond donors (Lipinski definition) is 1. The Labute approximate surface area is 98.4 Å². The van der Waals surface area contributed by atoms with Crippen molar-refractivity contribution in [3.63, 3.8) is 0 Å². The number of carbonyl (C=O) groups is 1. The molecule has 0 bridgehead atoms. The fourth-order valence-corrected chi connectivity index (χ4v) is 1.76. The Kier molecular flexibility index (Phi) is 3.13. The lowest BCUT2D eigenvalue weighted by Gasteiger charge is -2.23. The Morgan fingerprint density at radius 1 is 1.50 bits per heavy atom. The highest BCUT2D eigenvalue weighted by atomic mass is 127. The molecule has 0 aliphatic heterocycles. The van der Waals surface area contributed by atoms with Gasteiger partial charge in [-0.3, -0.25) is 0 Å². The van der Waals surface area contributed by atoms with Gasteiger partial charge in [0.1, 0.15) is 5.60 Å². The largest absolute Gasteiger partial charge is 0.444 e. The Morgan fingerprint density at radius 3 is 2.29 bits per heavy atom. The van der Waals surface area contributed by atoms with Gasteiger partial charge in [-0.15, -0.1) is 0 Å². The van der Waals surface area contributed by atoms with Gasteiger partial charge in [0.15, 0.2) is 0 Å². The summed E-state index contributed by atoms with van der Waals surface area (Å²) in [6.45, 7) is 9.41. The number of halogens is 1. The van der Waals surface area contributed by atoms with Crippen molar-refractivity contribution in [2.45, 2.75) is 44.8 Å². The first-order chi connectivity index (χ1) is 6.25. The van der Waals surface area contributed by atoms with E-state index in [2.05, 4.69) is 34.5 Å². The Morgan fingerprint density at radius 2 is 2.00 bits per heavy atom. The third kappa shape index (κ3) is 3.15. The smallest absolute Gasteiger partial charge is 0.408 e. The van der Waals surface area contributed by atoms with Gasteiger partial charge in [0.05, 0.1) is 5.54 Å². The number of alkyl carbamates (subject to hydrolysis) is 1. The van der Waals surface area contributed by atoms with E-state index < -0.39 is 5.60 Å². The van der Waals surface area contributed by atoms with Crippen LogP contribution in [0.2, 0.25) is 0 Å². The molecule has 0 radical (unpaired) electrons. The molecule has 4 heteroatoms. The molecule has 1 rings (SSSR count). The molecule has 80 valence electrons. The number of hydrogen-bond acceptors (Lipinski definition) is 2. The Hall–Kier alpha value is -0.260. The first-order valence-corrected chi connectivity index (χ1v) is 5.69. The fourth-order valence-electron chi connectivity index (χ4n) is 1.09. The highest BCUT2D eigenvalue weighted by Crippen LogP contribution is 2.44. The molecule has 1 aliphatic rings. The second-order valence-corrected chi connectivity index (χ2v) is 5.92. The molecule has 1 N–H and O–H groups in total. The number of carbonyl (C=O) groups excluding carboxylic acids is 1. The molecule has 3 nitrogen and oxygen atoms in total. The first kappa shape index (κ1) is 11.8. The fraction of sp³-hybridized carbons (Fsp3) is 0.700. The average molecular weight is 309 g/mol. The average Bonchev–Trinajstić information content (AvgIpc) is 2.63. The molecule has 0 unspecified atom stereocenters. The van der Waals surface area contributed by atoms with Gasteiger partial charge >= 0.3 is 6.09 Å². The van der Waals surface area contributed by atoms with Crippen LogP contribution in [-0.2, 0) is 4.74 Å². The zero-order valence-electron chi connectivity index (χ0n) is 8.82. The van der Waals surface area contributed by atoms with Crippen molar-refractivity contribution in [2.24, 2.45) is 0 Å². The summed E-state index contributed by atoms with van der Waals surface area (Å²) < 4.78 is 6.14. The van der Waals surface area contributed by atoms with Crippen LogP contribution in [0.4, 0.5) is 4.79 Å².